The summed E-state index contributed by atoms with van der Waals surface area (Å²) in [6.45, 7) is 8.05. The largest absolute Gasteiger partial charge is 0.372 e. The Labute approximate surface area is 116 Å². The number of amides is 1. The molecule has 0 aromatic heterocycles. The summed E-state index contributed by atoms with van der Waals surface area (Å²) in [5.74, 6) is 0.0737. The lowest BCUT2D eigenvalue weighted by Crippen LogP contribution is -2.35. The zero-order valence-corrected chi connectivity index (χ0v) is 12.0. The van der Waals surface area contributed by atoms with Crippen LogP contribution in [-0.2, 0) is 4.79 Å². The lowest BCUT2D eigenvalue weighted by Gasteiger charge is -2.23. The first kappa shape index (κ1) is 15.5. The molecule has 0 heterocycles. The van der Waals surface area contributed by atoms with Gasteiger partial charge in [-0.2, -0.15) is 0 Å². The fourth-order valence-electron chi connectivity index (χ4n) is 1.91. The lowest BCUT2D eigenvalue weighted by molar-refractivity contribution is -0.120. The van der Waals surface area contributed by atoms with Gasteiger partial charge in [-0.05, 0) is 32.0 Å². The fourth-order valence-corrected chi connectivity index (χ4v) is 1.91. The molecular weight excluding hydrogens is 238 g/mol. The summed E-state index contributed by atoms with van der Waals surface area (Å²) in [5, 5.41) is 5.93. The van der Waals surface area contributed by atoms with Crippen LogP contribution < -0.4 is 15.5 Å². The fraction of sp³-hybridized carbons (Fsp3) is 0.533. The summed E-state index contributed by atoms with van der Waals surface area (Å²) in [6.07, 6.45) is 0.959. The monoisotopic (exact) mass is 263 g/mol. The zero-order chi connectivity index (χ0) is 13.9. The van der Waals surface area contributed by atoms with Crippen LogP contribution in [0.3, 0.4) is 0 Å². The Bertz CT molecular complexity index is 354. The van der Waals surface area contributed by atoms with Gasteiger partial charge in [-0.15, -0.1) is 0 Å². The van der Waals surface area contributed by atoms with Crippen molar-refractivity contribution in [3.8, 4) is 0 Å². The van der Waals surface area contributed by atoms with Crippen molar-refractivity contribution >= 4 is 11.6 Å². The summed E-state index contributed by atoms with van der Waals surface area (Å²) >= 11 is 0. The normalized spacial score (nSPS) is 10.2. The van der Waals surface area contributed by atoms with E-state index in [2.05, 4.69) is 46.7 Å². The average Bonchev–Trinajstić information content (AvgIpc) is 2.46. The Balaban J connectivity index is 2.22. The number of para-hydroxylation sites is 1. The van der Waals surface area contributed by atoms with Gasteiger partial charge in [0.15, 0.2) is 0 Å². The number of carbonyl (C=O) groups excluding carboxylic acids is 1. The molecule has 0 unspecified atom stereocenters. The zero-order valence-electron chi connectivity index (χ0n) is 12.0. The Hall–Kier alpha value is -1.55. The molecule has 4 heteroatoms. The molecule has 1 aromatic carbocycles. The van der Waals surface area contributed by atoms with Crippen molar-refractivity contribution in [2.45, 2.75) is 20.3 Å². The number of hydrogen-bond donors (Lipinski definition) is 2. The Morgan fingerprint density at radius 3 is 2.58 bits per heavy atom. The van der Waals surface area contributed by atoms with Crippen LogP contribution in [0.2, 0.25) is 0 Å². The third-order valence-electron chi connectivity index (χ3n) is 2.97. The first-order valence-corrected chi connectivity index (χ1v) is 7.05. The minimum absolute atomic E-state index is 0.0737. The molecule has 0 radical (unpaired) electrons. The second-order valence-corrected chi connectivity index (χ2v) is 4.40. The van der Waals surface area contributed by atoms with Crippen LogP contribution in [0.4, 0.5) is 5.69 Å². The van der Waals surface area contributed by atoms with Crippen molar-refractivity contribution in [2.75, 3.05) is 37.6 Å². The van der Waals surface area contributed by atoms with Crippen molar-refractivity contribution in [3.05, 3.63) is 30.3 Å². The smallest absolute Gasteiger partial charge is 0.233 e. The van der Waals surface area contributed by atoms with Crippen molar-refractivity contribution < 1.29 is 4.79 Å². The predicted octanol–water partition coefficient (Wildman–Crippen LogP) is 1.63. The van der Waals surface area contributed by atoms with E-state index in [-0.39, 0.29) is 5.91 Å². The van der Waals surface area contributed by atoms with Crippen molar-refractivity contribution in [1.29, 1.82) is 0 Å². The third kappa shape index (κ3) is 6.25. The number of benzene rings is 1. The minimum Gasteiger partial charge on any atom is -0.372 e. The maximum Gasteiger partial charge on any atom is 0.233 e. The maximum absolute atomic E-state index is 11.4. The number of carbonyl (C=O) groups is 1. The van der Waals surface area contributed by atoms with E-state index in [4.69, 9.17) is 0 Å². The molecular formula is C15H25N3O. The summed E-state index contributed by atoms with van der Waals surface area (Å²) in [4.78, 5) is 13.7. The summed E-state index contributed by atoms with van der Waals surface area (Å²) in [7, 11) is 0. The van der Waals surface area contributed by atoms with Crippen LogP contribution in [-0.4, -0.2) is 38.6 Å². The van der Waals surface area contributed by atoms with Gasteiger partial charge in [0.1, 0.15) is 0 Å². The molecule has 1 rings (SSSR count). The highest BCUT2D eigenvalue weighted by molar-refractivity contribution is 5.77. The number of nitrogens with zero attached hydrogens (tertiary/aromatic N) is 1. The SMILES string of the molecule is CCNCC(=O)NCCCN(CC)c1ccccc1. The van der Waals surface area contributed by atoms with Gasteiger partial charge in [-0.25, -0.2) is 0 Å². The van der Waals surface area contributed by atoms with E-state index in [9.17, 15) is 4.79 Å². The highest BCUT2D eigenvalue weighted by Gasteiger charge is 2.03. The number of nitrogens with one attached hydrogen (secondary N) is 2. The van der Waals surface area contributed by atoms with Gasteiger partial charge >= 0.3 is 0 Å². The molecule has 0 saturated carbocycles. The number of rotatable bonds is 9. The van der Waals surface area contributed by atoms with Gasteiger partial charge in [0.2, 0.25) is 5.91 Å². The van der Waals surface area contributed by atoms with Crippen molar-refractivity contribution in [2.24, 2.45) is 0 Å². The van der Waals surface area contributed by atoms with Crippen LogP contribution in [0.5, 0.6) is 0 Å². The Morgan fingerprint density at radius 1 is 1.21 bits per heavy atom. The van der Waals surface area contributed by atoms with Crippen molar-refractivity contribution in [3.63, 3.8) is 0 Å². The van der Waals surface area contributed by atoms with Gasteiger partial charge in [0.25, 0.3) is 0 Å². The van der Waals surface area contributed by atoms with Crippen LogP contribution in [0.25, 0.3) is 0 Å². The molecule has 19 heavy (non-hydrogen) atoms. The topological polar surface area (TPSA) is 44.4 Å². The highest BCUT2D eigenvalue weighted by atomic mass is 16.1. The van der Waals surface area contributed by atoms with Crippen LogP contribution in [0, 0.1) is 0 Å². The van der Waals surface area contributed by atoms with Crippen LogP contribution in [0.15, 0.2) is 30.3 Å². The molecule has 0 spiro atoms. The lowest BCUT2D eigenvalue weighted by atomic mass is 10.2. The summed E-state index contributed by atoms with van der Waals surface area (Å²) < 4.78 is 0. The predicted molar refractivity (Wildman–Crippen MR) is 80.5 cm³/mol. The molecule has 0 atom stereocenters. The average molecular weight is 263 g/mol. The van der Waals surface area contributed by atoms with E-state index in [1.54, 1.807) is 0 Å². The second-order valence-electron chi connectivity index (χ2n) is 4.40. The van der Waals surface area contributed by atoms with E-state index in [1.165, 1.54) is 5.69 Å². The minimum atomic E-state index is 0.0737. The molecule has 0 aliphatic heterocycles. The van der Waals surface area contributed by atoms with Gasteiger partial charge in [-0.3, -0.25) is 4.79 Å². The van der Waals surface area contributed by atoms with E-state index >= 15 is 0 Å². The Kier molecular flexibility index (Phi) is 7.66. The van der Waals surface area contributed by atoms with Gasteiger partial charge in [0.05, 0.1) is 6.54 Å². The van der Waals surface area contributed by atoms with Gasteiger partial charge in [-0.1, -0.05) is 25.1 Å². The summed E-state index contributed by atoms with van der Waals surface area (Å²) in [5.41, 5.74) is 1.24. The molecule has 0 saturated heterocycles. The standard InChI is InChI=1S/C15H25N3O/c1-3-16-13-15(19)17-11-8-12-18(4-2)14-9-6-5-7-10-14/h5-7,9-10,16H,3-4,8,11-13H2,1-2H3,(H,17,19). The molecule has 0 fully saturated rings. The van der Waals surface area contributed by atoms with Crippen LogP contribution in [0.1, 0.15) is 20.3 Å². The molecule has 1 amide bonds. The number of anilines is 1. The van der Waals surface area contributed by atoms with E-state index in [1.807, 2.05) is 13.0 Å². The molecule has 0 bridgehead atoms. The molecule has 1 aromatic rings. The van der Waals surface area contributed by atoms with E-state index in [0.29, 0.717) is 6.54 Å². The molecule has 106 valence electrons. The first-order chi connectivity index (χ1) is 9.27. The van der Waals surface area contributed by atoms with Crippen LogP contribution >= 0.6 is 0 Å². The third-order valence-corrected chi connectivity index (χ3v) is 2.97. The molecule has 0 aliphatic rings. The van der Waals surface area contributed by atoms with Crippen molar-refractivity contribution in [1.82, 2.24) is 10.6 Å². The first-order valence-electron chi connectivity index (χ1n) is 7.05. The van der Waals surface area contributed by atoms with Gasteiger partial charge < -0.3 is 15.5 Å². The second kappa shape index (κ2) is 9.39. The summed E-state index contributed by atoms with van der Waals surface area (Å²) in [6, 6.07) is 10.4. The Morgan fingerprint density at radius 2 is 1.95 bits per heavy atom. The highest BCUT2D eigenvalue weighted by Crippen LogP contribution is 2.12. The molecule has 0 aliphatic carbocycles. The van der Waals surface area contributed by atoms with E-state index in [0.717, 1.165) is 32.6 Å². The number of hydrogen-bond acceptors (Lipinski definition) is 3. The quantitative estimate of drug-likeness (QED) is 0.666. The van der Waals surface area contributed by atoms with Gasteiger partial charge in [0, 0.05) is 25.3 Å². The maximum atomic E-state index is 11.4. The van der Waals surface area contributed by atoms with E-state index < -0.39 is 0 Å². The number of likely N-dealkylation sites (N-methyl/N-ethyl adjacent to an activating group) is 1. The molecule has 4 nitrogen and oxygen atoms in total. The molecule has 2 N–H and O–H groups in total.